The number of benzene rings is 5. The molecule has 49 heavy (non-hydrogen) atoms. The van der Waals surface area contributed by atoms with E-state index in [0.717, 1.165) is 39.9 Å². The lowest BCUT2D eigenvalue weighted by Gasteiger charge is -2.27. The first-order chi connectivity index (χ1) is 23.9. The Labute approximate surface area is 286 Å². The van der Waals surface area contributed by atoms with E-state index in [1.165, 1.54) is 58.7 Å². The van der Waals surface area contributed by atoms with Gasteiger partial charge in [-0.15, -0.1) is 0 Å². The molecule has 4 atom stereocenters. The average molecular weight is 635 g/mol. The second-order valence-corrected chi connectivity index (χ2v) is 15.7. The van der Waals surface area contributed by atoms with Crippen molar-refractivity contribution < 1.29 is 0 Å². The third-order valence-electron chi connectivity index (χ3n) is 13.0. The molecule has 1 spiro atoms. The Kier molecular flexibility index (Phi) is 5.41. The average Bonchev–Trinajstić information content (AvgIpc) is 3.59. The second kappa shape index (κ2) is 9.53. The highest BCUT2D eigenvalue weighted by Gasteiger charge is 2.66. The molecule has 4 aliphatic carbocycles. The molecule has 0 amide bonds. The van der Waals surface area contributed by atoms with Crippen molar-refractivity contribution in [1.82, 2.24) is 19.5 Å². The Morgan fingerprint density at radius 3 is 2.02 bits per heavy atom. The van der Waals surface area contributed by atoms with Gasteiger partial charge in [-0.05, 0) is 94.0 Å². The van der Waals surface area contributed by atoms with Crippen LogP contribution < -0.4 is 0 Å². The molecule has 2 saturated carbocycles. The summed E-state index contributed by atoms with van der Waals surface area (Å²) in [6.45, 7) is 7.28. The van der Waals surface area contributed by atoms with Gasteiger partial charge >= 0.3 is 0 Å². The lowest BCUT2D eigenvalue weighted by Crippen LogP contribution is -2.17. The fourth-order valence-electron chi connectivity index (χ4n) is 10.6. The van der Waals surface area contributed by atoms with Crippen LogP contribution in [0.4, 0.5) is 0 Å². The maximum atomic E-state index is 5.18. The summed E-state index contributed by atoms with van der Waals surface area (Å²) < 4.78 is 2.27. The molecule has 2 fully saturated rings. The van der Waals surface area contributed by atoms with Crippen molar-refractivity contribution in [3.63, 3.8) is 0 Å². The minimum Gasteiger partial charge on any atom is -0.278 e. The number of hydrogen-bond acceptors (Lipinski definition) is 3. The van der Waals surface area contributed by atoms with E-state index in [9.17, 15) is 0 Å². The predicted octanol–water partition coefficient (Wildman–Crippen LogP) is 11.0. The molecule has 0 saturated heterocycles. The van der Waals surface area contributed by atoms with E-state index >= 15 is 0 Å². The molecule has 2 aromatic heterocycles. The van der Waals surface area contributed by atoms with Crippen molar-refractivity contribution >= 4 is 21.8 Å². The highest BCUT2D eigenvalue weighted by Crippen LogP contribution is 2.77. The zero-order valence-electron chi connectivity index (χ0n) is 28.2. The minimum atomic E-state index is -0.110. The van der Waals surface area contributed by atoms with Crippen LogP contribution >= 0.6 is 0 Å². The monoisotopic (exact) mass is 634 g/mol. The van der Waals surface area contributed by atoms with Crippen LogP contribution in [0, 0.1) is 11.3 Å². The van der Waals surface area contributed by atoms with Gasteiger partial charge in [-0.25, -0.2) is 4.98 Å². The van der Waals surface area contributed by atoms with Crippen LogP contribution in [0.3, 0.4) is 0 Å². The number of fused-ring (bicyclic) bond motifs is 10. The van der Waals surface area contributed by atoms with Crippen molar-refractivity contribution in [1.29, 1.82) is 0 Å². The molecule has 2 heterocycles. The lowest BCUT2D eigenvalue weighted by molar-refractivity contribution is 0.341. The van der Waals surface area contributed by atoms with Gasteiger partial charge in [0.05, 0.1) is 11.0 Å². The number of rotatable bonds is 4. The molecule has 4 aliphatic rings. The first-order valence-corrected chi connectivity index (χ1v) is 18.1. The summed E-state index contributed by atoms with van der Waals surface area (Å²) in [6.07, 6.45) is 5.52. The van der Waals surface area contributed by atoms with Gasteiger partial charge in [-0.1, -0.05) is 118 Å². The summed E-state index contributed by atoms with van der Waals surface area (Å²) in [7, 11) is 0. The SMILES string of the molecule is CCC1CC2CC13CC3c1cc3c(cc12)-c1cc2c4ccccc4n(-c4nc(-c5ccccc5)nc(-c5ccccc5)n4)c2cc1C3(C)C. The molecule has 7 aromatic rings. The molecule has 11 rings (SSSR count). The molecule has 0 N–H and O–H groups in total. The zero-order valence-corrected chi connectivity index (χ0v) is 28.2. The van der Waals surface area contributed by atoms with Crippen molar-refractivity contribution in [2.75, 3.05) is 0 Å². The van der Waals surface area contributed by atoms with Gasteiger partial charge in [-0.2, -0.15) is 9.97 Å². The quantitative estimate of drug-likeness (QED) is 0.193. The summed E-state index contributed by atoms with van der Waals surface area (Å²) in [6, 6.07) is 39.5. The van der Waals surface area contributed by atoms with Gasteiger partial charge in [0, 0.05) is 27.3 Å². The molecule has 0 radical (unpaired) electrons. The van der Waals surface area contributed by atoms with E-state index < -0.39 is 0 Å². The molecule has 4 nitrogen and oxygen atoms in total. The molecule has 0 aliphatic heterocycles. The fraction of sp³-hybridized carbons (Fsp3) is 0.267. The zero-order chi connectivity index (χ0) is 32.6. The van der Waals surface area contributed by atoms with Crippen LogP contribution in [-0.4, -0.2) is 19.5 Å². The molecule has 5 aromatic carbocycles. The van der Waals surface area contributed by atoms with E-state index in [0.29, 0.717) is 23.0 Å². The van der Waals surface area contributed by atoms with Gasteiger partial charge in [0.1, 0.15) is 0 Å². The maximum absolute atomic E-state index is 5.18. The number of aromatic nitrogens is 4. The predicted molar refractivity (Wildman–Crippen MR) is 198 cm³/mol. The molecule has 4 unspecified atom stereocenters. The molecule has 4 heteroatoms. The van der Waals surface area contributed by atoms with Gasteiger partial charge in [-0.3, -0.25) is 4.57 Å². The van der Waals surface area contributed by atoms with Crippen LogP contribution in [0.5, 0.6) is 0 Å². The Hall–Kier alpha value is -5.09. The largest absolute Gasteiger partial charge is 0.278 e. The Bertz CT molecular complexity index is 2450. The lowest BCUT2D eigenvalue weighted by atomic mass is 9.77. The van der Waals surface area contributed by atoms with Crippen LogP contribution in [0.15, 0.2) is 109 Å². The van der Waals surface area contributed by atoms with E-state index in [4.69, 9.17) is 15.0 Å². The summed E-state index contributed by atoms with van der Waals surface area (Å²) in [4.78, 5) is 15.4. The number of para-hydroxylation sites is 1. The summed E-state index contributed by atoms with van der Waals surface area (Å²) in [5, 5.41) is 2.46. The number of nitrogens with zero attached hydrogens (tertiary/aromatic N) is 4. The second-order valence-electron chi connectivity index (χ2n) is 15.7. The van der Waals surface area contributed by atoms with Crippen molar-refractivity contribution in [2.24, 2.45) is 11.3 Å². The van der Waals surface area contributed by atoms with Crippen LogP contribution in [-0.2, 0) is 5.41 Å². The normalized spacial score (nSPS) is 23.7. The first-order valence-electron chi connectivity index (χ1n) is 18.1. The standard InChI is InChI=1S/C45H38N4/c1-4-29-19-28-24-45(29)25-38(45)34-22-36-32(20-31(28)34)33-21-35-30-17-11-12-18-39(30)49(40(35)23-37(33)44(36,2)3)43-47-41(26-13-7-5-8-14-26)46-42(48-43)27-15-9-6-10-16-27/h5-18,20-23,28-29,38H,4,19,24-25H2,1-3H3. The summed E-state index contributed by atoms with van der Waals surface area (Å²) in [5.41, 5.74) is 13.8. The Balaban J connectivity index is 1.15. The van der Waals surface area contributed by atoms with Crippen LogP contribution in [0.2, 0.25) is 0 Å². The molecule has 2 bridgehead atoms. The third-order valence-corrected chi connectivity index (χ3v) is 13.0. The third kappa shape index (κ3) is 3.67. The van der Waals surface area contributed by atoms with E-state index in [2.05, 4.69) is 98.1 Å². The Morgan fingerprint density at radius 1 is 0.653 bits per heavy atom. The van der Waals surface area contributed by atoms with Crippen LogP contribution in [0.1, 0.15) is 80.5 Å². The molecule has 238 valence electrons. The Morgan fingerprint density at radius 2 is 1.31 bits per heavy atom. The van der Waals surface area contributed by atoms with Gasteiger partial charge in [0.2, 0.25) is 5.95 Å². The smallest absolute Gasteiger partial charge is 0.238 e. The highest BCUT2D eigenvalue weighted by atomic mass is 15.2. The highest BCUT2D eigenvalue weighted by molar-refractivity contribution is 6.11. The van der Waals surface area contributed by atoms with E-state index in [1.54, 1.807) is 11.1 Å². The van der Waals surface area contributed by atoms with Crippen LogP contribution in [0.25, 0.3) is 61.7 Å². The van der Waals surface area contributed by atoms with Crippen molar-refractivity contribution in [3.05, 3.63) is 131 Å². The van der Waals surface area contributed by atoms with Gasteiger partial charge < -0.3 is 0 Å². The number of hydrogen-bond donors (Lipinski definition) is 0. The van der Waals surface area contributed by atoms with Gasteiger partial charge in [0.25, 0.3) is 0 Å². The maximum Gasteiger partial charge on any atom is 0.238 e. The topological polar surface area (TPSA) is 43.6 Å². The molecular formula is C45H38N4. The summed E-state index contributed by atoms with van der Waals surface area (Å²) in [5.74, 6) is 4.38. The van der Waals surface area contributed by atoms with Gasteiger partial charge in [0.15, 0.2) is 11.6 Å². The molecular weight excluding hydrogens is 597 g/mol. The summed E-state index contributed by atoms with van der Waals surface area (Å²) >= 11 is 0. The van der Waals surface area contributed by atoms with Crippen molar-refractivity contribution in [3.8, 4) is 39.9 Å². The van der Waals surface area contributed by atoms with E-state index in [1.807, 2.05) is 36.4 Å². The fourth-order valence-corrected chi connectivity index (χ4v) is 10.6. The minimum absolute atomic E-state index is 0.110. The van der Waals surface area contributed by atoms with E-state index in [-0.39, 0.29) is 5.41 Å². The van der Waals surface area contributed by atoms with Crippen molar-refractivity contribution in [2.45, 2.75) is 63.7 Å². The first kappa shape index (κ1) is 27.8.